The molecule has 0 bridgehead atoms. The summed E-state index contributed by atoms with van der Waals surface area (Å²) >= 11 is 0. The normalized spacial score (nSPS) is 32.8. The molecule has 2 fully saturated rings. The van der Waals surface area contributed by atoms with Crippen LogP contribution in [0.25, 0.3) is 0 Å². The van der Waals surface area contributed by atoms with Crippen molar-refractivity contribution < 1.29 is 5.11 Å². The first-order chi connectivity index (χ1) is 9.34. The summed E-state index contributed by atoms with van der Waals surface area (Å²) in [5.41, 5.74) is 0. The Morgan fingerprint density at radius 3 is 2.79 bits per heavy atom. The predicted molar refractivity (Wildman–Crippen MR) is 74.8 cm³/mol. The van der Waals surface area contributed by atoms with Gasteiger partial charge in [0, 0.05) is 30.9 Å². The van der Waals surface area contributed by atoms with Gasteiger partial charge in [0.05, 0.1) is 12.6 Å². The van der Waals surface area contributed by atoms with Gasteiger partial charge in [0.1, 0.15) is 0 Å². The van der Waals surface area contributed by atoms with Crippen LogP contribution in [0.4, 0.5) is 0 Å². The highest BCUT2D eigenvalue weighted by molar-refractivity contribution is 4.90. The molecular formula is C15H25N3O. The van der Waals surface area contributed by atoms with E-state index in [0.29, 0.717) is 12.0 Å². The molecule has 0 aromatic carbocycles. The minimum atomic E-state index is -0.0599. The van der Waals surface area contributed by atoms with Crippen LogP contribution in [-0.2, 0) is 6.54 Å². The summed E-state index contributed by atoms with van der Waals surface area (Å²) in [5.74, 6) is 0.512. The van der Waals surface area contributed by atoms with Gasteiger partial charge in [-0.1, -0.05) is 12.8 Å². The van der Waals surface area contributed by atoms with E-state index in [-0.39, 0.29) is 6.10 Å². The Labute approximate surface area is 115 Å². The van der Waals surface area contributed by atoms with Gasteiger partial charge in [-0.2, -0.15) is 5.10 Å². The molecule has 1 aliphatic heterocycles. The van der Waals surface area contributed by atoms with Crippen LogP contribution in [0.3, 0.4) is 0 Å². The Kier molecular flexibility index (Phi) is 4.18. The largest absolute Gasteiger partial charge is 0.393 e. The van der Waals surface area contributed by atoms with E-state index in [0.717, 1.165) is 19.5 Å². The molecule has 106 valence electrons. The molecule has 4 heteroatoms. The lowest BCUT2D eigenvalue weighted by molar-refractivity contribution is 0.0334. The Hall–Kier alpha value is -0.870. The standard InChI is InChI=1S/C15H25N3O/c19-15-7-3-5-13(15)14-6-1-2-9-17(14)11-12-18-10-4-8-16-18/h4,8,10,13-15,19H,1-3,5-7,9,11-12H2. The van der Waals surface area contributed by atoms with Gasteiger partial charge in [-0.3, -0.25) is 9.58 Å². The third-order valence-electron chi connectivity index (χ3n) is 4.87. The van der Waals surface area contributed by atoms with E-state index < -0.39 is 0 Å². The second-order valence-corrected chi connectivity index (χ2v) is 6.03. The van der Waals surface area contributed by atoms with Gasteiger partial charge in [-0.25, -0.2) is 0 Å². The van der Waals surface area contributed by atoms with Gasteiger partial charge in [-0.05, 0) is 38.3 Å². The first-order valence-corrected chi connectivity index (χ1v) is 7.74. The zero-order chi connectivity index (χ0) is 13.1. The molecule has 1 saturated carbocycles. The molecule has 0 spiro atoms. The number of likely N-dealkylation sites (tertiary alicyclic amines) is 1. The number of aliphatic hydroxyl groups is 1. The van der Waals surface area contributed by atoms with E-state index in [2.05, 4.69) is 10.00 Å². The molecule has 1 N–H and O–H groups in total. The molecule has 1 aromatic rings. The fraction of sp³-hybridized carbons (Fsp3) is 0.800. The first kappa shape index (κ1) is 13.1. The minimum Gasteiger partial charge on any atom is -0.393 e. The molecule has 0 amide bonds. The van der Waals surface area contributed by atoms with Gasteiger partial charge in [-0.15, -0.1) is 0 Å². The molecule has 0 radical (unpaired) electrons. The molecular weight excluding hydrogens is 238 g/mol. The Morgan fingerprint density at radius 1 is 1.11 bits per heavy atom. The minimum absolute atomic E-state index is 0.0599. The van der Waals surface area contributed by atoms with Crippen LogP contribution in [-0.4, -0.2) is 45.0 Å². The van der Waals surface area contributed by atoms with Crippen molar-refractivity contribution in [3.63, 3.8) is 0 Å². The lowest BCUT2D eigenvalue weighted by Gasteiger charge is -2.40. The van der Waals surface area contributed by atoms with Crippen molar-refractivity contribution in [1.29, 1.82) is 0 Å². The quantitative estimate of drug-likeness (QED) is 0.902. The fourth-order valence-electron chi connectivity index (χ4n) is 3.86. The van der Waals surface area contributed by atoms with Crippen LogP contribution in [0.15, 0.2) is 18.5 Å². The maximum atomic E-state index is 10.2. The summed E-state index contributed by atoms with van der Waals surface area (Å²) in [7, 11) is 0. The Bertz CT molecular complexity index is 379. The number of aromatic nitrogens is 2. The summed E-state index contributed by atoms with van der Waals surface area (Å²) in [6.07, 6.45) is 11.1. The molecule has 2 heterocycles. The van der Waals surface area contributed by atoms with Crippen LogP contribution in [0.1, 0.15) is 38.5 Å². The van der Waals surface area contributed by atoms with Crippen molar-refractivity contribution in [2.24, 2.45) is 5.92 Å². The van der Waals surface area contributed by atoms with E-state index in [4.69, 9.17) is 0 Å². The smallest absolute Gasteiger partial charge is 0.0583 e. The number of piperidine rings is 1. The van der Waals surface area contributed by atoms with Crippen LogP contribution >= 0.6 is 0 Å². The highest BCUT2D eigenvalue weighted by atomic mass is 16.3. The second-order valence-electron chi connectivity index (χ2n) is 6.03. The van der Waals surface area contributed by atoms with Crippen LogP contribution < -0.4 is 0 Å². The monoisotopic (exact) mass is 263 g/mol. The second kappa shape index (κ2) is 6.06. The third-order valence-corrected chi connectivity index (χ3v) is 4.87. The summed E-state index contributed by atoms with van der Waals surface area (Å²) in [6.45, 7) is 3.22. The Balaban J connectivity index is 1.60. The van der Waals surface area contributed by atoms with Crippen molar-refractivity contribution in [3.05, 3.63) is 18.5 Å². The summed E-state index contributed by atoms with van der Waals surface area (Å²) < 4.78 is 2.01. The SMILES string of the molecule is OC1CCCC1C1CCCCN1CCn1cccn1. The van der Waals surface area contributed by atoms with Gasteiger partial charge in [0.15, 0.2) is 0 Å². The lowest BCUT2D eigenvalue weighted by atomic mass is 9.88. The van der Waals surface area contributed by atoms with Crippen molar-refractivity contribution in [2.45, 2.75) is 57.2 Å². The molecule has 2 aliphatic rings. The van der Waals surface area contributed by atoms with E-state index in [1.165, 1.54) is 38.6 Å². The molecule has 1 saturated heterocycles. The number of rotatable bonds is 4. The Morgan fingerprint density at radius 2 is 2.05 bits per heavy atom. The zero-order valence-corrected chi connectivity index (χ0v) is 11.6. The van der Waals surface area contributed by atoms with E-state index in [1.807, 2.05) is 23.1 Å². The van der Waals surface area contributed by atoms with Gasteiger partial charge in [0.25, 0.3) is 0 Å². The summed E-state index contributed by atoms with van der Waals surface area (Å²) in [6, 6.07) is 2.58. The molecule has 3 unspecified atom stereocenters. The summed E-state index contributed by atoms with van der Waals surface area (Å²) in [4.78, 5) is 2.60. The number of aliphatic hydroxyl groups excluding tert-OH is 1. The van der Waals surface area contributed by atoms with Crippen LogP contribution in [0.5, 0.6) is 0 Å². The third kappa shape index (κ3) is 3.00. The zero-order valence-electron chi connectivity index (χ0n) is 11.6. The average Bonchev–Trinajstić information content (AvgIpc) is 3.08. The van der Waals surface area contributed by atoms with E-state index in [1.54, 1.807) is 0 Å². The summed E-state index contributed by atoms with van der Waals surface area (Å²) in [5, 5.41) is 14.4. The maximum absolute atomic E-state index is 10.2. The highest BCUT2D eigenvalue weighted by Crippen LogP contribution is 2.35. The maximum Gasteiger partial charge on any atom is 0.0583 e. The fourth-order valence-corrected chi connectivity index (χ4v) is 3.86. The molecule has 1 aromatic heterocycles. The molecule has 19 heavy (non-hydrogen) atoms. The number of nitrogens with zero attached hydrogens (tertiary/aromatic N) is 3. The van der Waals surface area contributed by atoms with Gasteiger partial charge in [0.2, 0.25) is 0 Å². The molecule has 4 nitrogen and oxygen atoms in total. The topological polar surface area (TPSA) is 41.3 Å². The van der Waals surface area contributed by atoms with E-state index >= 15 is 0 Å². The molecule has 3 atom stereocenters. The van der Waals surface area contributed by atoms with Crippen molar-refractivity contribution in [2.75, 3.05) is 13.1 Å². The highest BCUT2D eigenvalue weighted by Gasteiger charge is 2.36. The first-order valence-electron chi connectivity index (χ1n) is 7.74. The van der Waals surface area contributed by atoms with Crippen molar-refractivity contribution >= 4 is 0 Å². The molecule has 3 rings (SSSR count). The lowest BCUT2D eigenvalue weighted by Crippen LogP contribution is -2.47. The van der Waals surface area contributed by atoms with Gasteiger partial charge >= 0.3 is 0 Å². The number of hydrogen-bond acceptors (Lipinski definition) is 3. The van der Waals surface area contributed by atoms with E-state index in [9.17, 15) is 5.11 Å². The van der Waals surface area contributed by atoms with Crippen LogP contribution in [0.2, 0.25) is 0 Å². The molecule has 1 aliphatic carbocycles. The van der Waals surface area contributed by atoms with Gasteiger partial charge < -0.3 is 5.11 Å². The number of hydrogen-bond donors (Lipinski definition) is 1. The van der Waals surface area contributed by atoms with Crippen molar-refractivity contribution in [3.8, 4) is 0 Å². The average molecular weight is 263 g/mol. The van der Waals surface area contributed by atoms with Crippen molar-refractivity contribution in [1.82, 2.24) is 14.7 Å². The van der Waals surface area contributed by atoms with Crippen LogP contribution in [0, 0.1) is 5.92 Å². The predicted octanol–water partition coefficient (Wildman–Crippen LogP) is 1.90.